The summed E-state index contributed by atoms with van der Waals surface area (Å²) >= 11 is 0. The van der Waals surface area contributed by atoms with Crippen molar-refractivity contribution in [1.82, 2.24) is 5.32 Å². The monoisotopic (exact) mass is 201 g/mol. The van der Waals surface area contributed by atoms with Crippen LogP contribution in [0.25, 0.3) is 0 Å². The first-order valence-corrected chi connectivity index (χ1v) is 4.82. The van der Waals surface area contributed by atoms with Crippen LogP contribution in [-0.4, -0.2) is 12.5 Å². The maximum absolute atomic E-state index is 11.4. The molecule has 1 unspecified atom stereocenters. The van der Waals surface area contributed by atoms with Crippen molar-refractivity contribution < 1.29 is 4.79 Å². The minimum absolute atomic E-state index is 0.153. The van der Waals surface area contributed by atoms with Gasteiger partial charge in [0.15, 0.2) is 6.19 Å². The summed E-state index contributed by atoms with van der Waals surface area (Å²) in [4.78, 5) is 11.4. The summed E-state index contributed by atoms with van der Waals surface area (Å²) in [7, 11) is 0. The number of rotatable bonds is 1. The molecule has 0 saturated carbocycles. The molecule has 1 amide bonds. The van der Waals surface area contributed by atoms with Gasteiger partial charge in [-0.25, -0.2) is 0 Å². The van der Waals surface area contributed by atoms with Crippen LogP contribution in [0.4, 0.5) is 5.69 Å². The fraction of sp³-hybridized carbons (Fsp3) is 0.273. The molecule has 1 heterocycles. The van der Waals surface area contributed by atoms with Gasteiger partial charge in [-0.15, -0.1) is 0 Å². The molecule has 1 aliphatic rings. The second kappa shape index (κ2) is 4.01. The van der Waals surface area contributed by atoms with Gasteiger partial charge in [0.05, 0.1) is 5.92 Å². The van der Waals surface area contributed by atoms with Crippen LogP contribution in [0.5, 0.6) is 0 Å². The van der Waals surface area contributed by atoms with Crippen molar-refractivity contribution >= 4 is 11.6 Å². The second-order valence-corrected chi connectivity index (χ2v) is 3.54. The molecule has 0 bridgehead atoms. The third-order valence-electron chi connectivity index (χ3n) is 2.57. The van der Waals surface area contributed by atoms with E-state index in [0.717, 1.165) is 11.3 Å². The van der Waals surface area contributed by atoms with Crippen LogP contribution >= 0.6 is 0 Å². The number of nitrogens with zero attached hydrogens (tertiary/aromatic N) is 1. The topological polar surface area (TPSA) is 64.9 Å². The predicted octanol–water partition coefficient (Wildman–Crippen LogP) is 0.868. The number of hydrogen-bond acceptors (Lipinski definition) is 3. The van der Waals surface area contributed by atoms with Crippen molar-refractivity contribution in [3.8, 4) is 6.19 Å². The summed E-state index contributed by atoms with van der Waals surface area (Å²) in [6.07, 6.45) is 2.35. The smallest absolute Gasteiger partial charge is 0.238 e. The quantitative estimate of drug-likeness (QED) is 0.523. The number of amides is 1. The minimum Gasteiger partial charge on any atom is -0.384 e. The van der Waals surface area contributed by atoms with Crippen molar-refractivity contribution in [2.24, 2.45) is 5.92 Å². The molecule has 76 valence electrons. The van der Waals surface area contributed by atoms with Crippen LogP contribution < -0.4 is 10.6 Å². The Bertz CT molecular complexity index is 422. The standard InChI is InChI=1S/C11H11N3O/c12-7-14-11(15)9-5-8-3-1-2-4-10(8)13-6-9/h1-4,9,13H,5-6H2,(H,14,15). The van der Waals surface area contributed by atoms with Crippen molar-refractivity contribution in [3.63, 3.8) is 0 Å². The van der Waals surface area contributed by atoms with Gasteiger partial charge in [-0.2, -0.15) is 5.26 Å². The van der Waals surface area contributed by atoms with E-state index in [9.17, 15) is 4.79 Å². The van der Waals surface area contributed by atoms with Crippen molar-refractivity contribution in [2.45, 2.75) is 6.42 Å². The summed E-state index contributed by atoms with van der Waals surface area (Å²) in [5, 5.41) is 13.7. The van der Waals surface area contributed by atoms with E-state index in [0.29, 0.717) is 13.0 Å². The zero-order valence-corrected chi connectivity index (χ0v) is 8.16. The lowest BCUT2D eigenvalue weighted by Gasteiger charge is -2.24. The van der Waals surface area contributed by atoms with Gasteiger partial charge < -0.3 is 5.32 Å². The average molecular weight is 201 g/mol. The molecule has 0 aromatic heterocycles. The third kappa shape index (κ3) is 1.91. The molecule has 2 N–H and O–H groups in total. The van der Waals surface area contributed by atoms with Crippen LogP contribution in [0.3, 0.4) is 0 Å². The van der Waals surface area contributed by atoms with Crippen molar-refractivity contribution in [3.05, 3.63) is 29.8 Å². The predicted molar refractivity (Wildman–Crippen MR) is 55.9 cm³/mol. The van der Waals surface area contributed by atoms with Crippen LogP contribution in [0.1, 0.15) is 5.56 Å². The Labute approximate surface area is 87.9 Å². The first-order valence-electron chi connectivity index (χ1n) is 4.82. The Hall–Kier alpha value is -2.02. The van der Waals surface area contributed by atoms with E-state index in [4.69, 9.17) is 5.26 Å². The number of para-hydroxylation sites is 1. The van der Waals surface area contributed by atoms with E-state index in [2.05, 4.69) is 10.6 Å². The van der Waals surface area contributed by atoms with E-state index in [-0.39, 0.29) is 11.8 Å². The van der Waals surface area contributed by atoms with E-state index in [1.165, 1.54) is 0 Å². The Kier molecular flexibility index (Phi) is 2.55. The van der Waals surface area contributed by atoms with Gasteiger partial charge in [0.2, 0.25) is 5.91 Å². The molecule has 1 atom stereocenters. The molecule has 1 aromatic rings. The lowest BCUT2D eigenvalue weighted by Crippen LogP contribution is -2.36. The lowest BCUT2D eigenvalue weighted by atomic mass is 9.93. The highest BCUT2D eigenvalue weighted by molar-refractivity contribution is 5.82. The maximum atomic E-state index is 11.4. The molecule has 1 aromatic carbocycles. The zero-order valence-electron chi connectivity index (χ0n) is 8.16. The molecule has 0 aliphatic carbocycles. The van der Waals surface area contributed by atoms with Gasteiger partial charge in [0.25, 0.3) is 0 Å². The number of anilines is 1. The summed E-state index contributed by atoms with van der Waals surface area (Å²) < 4.78 is 0. The fourth-order valence-corrected chi connectivity index (χ4v) is 1.78. The normalized spacial score (nSPS) is 18.2. The summed E-state index contributed by atoms with van der Waals surface area (Å²) in [5.41, 5.74) is 2.21. The number of fused-ring (bicyclic) bond motifs is 1. The highest BCUT2D eigenvalue weighted by Gasteiger charge is 2.23. The highest BCUT2D eigenvalue weighted by Crippen LogP contribution is 2.24. The summed E-state index contributed by atoms with van der Waals surface area (Å²) in [6.45, 7) is 0.588. The van der Waals surface area contributed by atoms with E-state index in [1.807, 2.05) is 24.3 Å². The van der Waals surface area contributed by atoms with Crippen molar-refractivity contribution in [2.75, 3.05) is 11.9 Å². The van der Waals surface area contributed by atoms with E-state index >= 15 is 0 Å². The molecule has 0 fully saturated rings. The molecule has 2 rings (SSSR count). The Morgan fingerprint density at radius 1 is 1.53 bits per heavy atom. The Balaban J connectivity index is 2.12. The number of hydrogen-bond donors (Lipinski definition) is 2. The number of carbonyl (C=O) groups is 1. The molecule has 15 heavy (non-hydrogen) atoms. The number of benzene rings is 1. The van der Waals surface area contributed by atoms with Crippen LogP contribution in [0, 0.1) is 17.4 Å². The maximum Gasteiger partial charge on any atom is 0.238 e. The van der Waals surface area contributed by atoms with E-state index in [1.54, 1.807) is 6.19 Å². The van der Waals surface area contributed by atoms with Gasteiger partial charge in [-0.3, -0.25) is 10.1 Å². The number of nitriles is 1. The highest BCUT2D eigenvalue weighted by atomic mass is 16.1. The van der Waals surface area contributed by atoms with Crippen LogP contribution in [-0.2, 0) is 11.2 Å². The molecule has 1 aliphatic heterocycles. The molecule has 0 radical (unpaired) electrons. The summed E-state index contributed by atoms with van der Waals surface area (Å²) in [6, 6.07) is 7.90. The number of carbonyl (C=O) groups excluding carboxylic acids is 1. The van der Waals surface area contributed by atoms with Gasteiger partial charge in [0.1, 0.15) is 0 Å². The first-order chi connectivity index (χ1) is 7.31. The van der Waals surface area contributed by atoms with Crippen molar-refractivity contribution in [1.29, 1.82) is 5.26 Å². The Morgan fingerprint density at radius 2 is 2.33 bits per heavy atom. The van der Waals surface area contributed by atoms with Gasteiger partial charge in [-0.1, -0.05) is 18.2 Å². The molecule has 0 saturated heterocycles. The third-order valence-corrected chi connectivity index (χ3v) is 2.57. The first kappa shape index (κ1) is 9.53. The van der Waals surface area contributed by atoms with Crippen LogP contribution in [0.2, 0.25) is 0 Å². The molecule has 4 nitrogen and oxygen atoms in total. The van der Waals surface area contributed by atoms with Crippen LogP contribution in [0.15, 0.2) is 24.3 Å². The molecule has 4 heteroatoms. The molecular weight excluding hydrogens is 190 g/mol. The molecular formula is C11H11N3O. The zero-order chi connectivity index (χ0) is 10.7. The number of nitrogens with one attached hydrogen (secondary N) is 2. The minimum atomic E-state index is -0.209. The summed E-state index contributed by atoms with van der Waals surface area (Å²) in [5.74, 6) is -0.362. The largest absolute Gasteiger partial charge is 0.384 e. The fourth-order valence-electron chi connectivity index (χ4n) is 1.78. The average Bonchev–Trinajstić information content (AvgIpc) is 2.29. The molecule has 0 spiro atoms. The SMILES string of the molecule is N#CNC(=O)C1CNc2ccccc2C1. The van der Waals surface area contributed by atoms with E-state index < -0.39 is 0 Å². The lowest BCUT2D eigenvalue weighted by molar-refractivity contribution is -0.123. The van der Waals surface area contributed by atoms with Gasteiger partial charge in [0, 0.05) is 12.2 Å². The van der Waals surface area contributed by atoms with Gasteiger partial charge >= 0.3 is 0 Å². The second-order valence-electron chi connectivity index (χ2n) is 3.54. The van der Waals surface area contributed by atoms with Gasteiger partial charge in [-0.05, 0) is 18.1 Å². The Morgan fingerprint density at radius 3 is 3.13 bits per heavy atom.